The lowest BCUT2D eigenvalue weighted by Gasteiger charge is -1.89. The van der Waals surface area contributed by atoms with Crippen LogP contribution in [0.3, 0.4) is 0 Å². The van der Waals surface area contributed by atoms with Crippen LogP contribution >= 0.6 is 0 Å². The summed E-state index contributed by atoms with van der Waals surface area (Å²) in [6.45, 7) is 3.65. The van der Waals surface area contributed by atoms with Crippen molar-refractivity contribution < 1.29 is 20.1 Å². The van der Waals surface area contributed by atoms with E-state index in [2.05, 4.69) is 4.74 Å². The lowest BCUT2D eigenvalue weighted by molar-refractivity contribution is -0.140. The summed E-state index contributed by atoms with van der Waals surface area (Å²) in [6, 6.07) is 0. The number of rotatable bonds is 1. The monoisotopic (exact) mass is 155 g/mol. The highest BCUT2D eigenvalue weighted by atomic mass is 16.5. The first kappa shape index (κ1) is 22.8. The third-order valence-corrected chi connectivity index (χ3v) is 0.348. The van der Waals surface area contributed by atoms with E-state index in [1.54, 1.807) is 6.92 Å². The molecule has 0 heterocycles. The molecule has 5 heteroatoms. The van der Waals surface area contributed by atoms with Gasteiger partial charge in [-0.2, -0.15) is 0 Å². The topological polar surface area (TPSA) is 113 Å². The Balaban J connectivity index is -0.0000000412. The normalized spacial score (nSPS) is 5.20. The third-order valence-electron chi connectivity index (χ3n) is 0.348. The Morgan fingerprint density at radius 2 is 1.80 bits per heavy atom. The number of aliphatic hydroxyl groups excluding tert-OH is 1. The van der Waals surface area contributed by atoms with Gasteiger partial charge in [-0.25, -0.2) is 0 Å². The fourth-order valence-electron chi connectivity index (χ4n) is 0.203. The Labute approximate surface area is 60.9 Å². The van der Waals surface area contributed by atoms with E-state index < -0.39 is 0 Å². The van der Waals surface area contributed by atoms with Crippen LogP contribution in [0.25, 0.3) is 0 Å². The van der Waals surface area contributed by atoms with E-state index in [0.717, 1.165) is 7.11 Å². The molecule has 6 N–H and O–H groups in total. The van der Waals surface area contributed by atoms with Gasteiger partial charge in [-0.05, 0) is 6.92 Å². The molecule has 0 amide bonds. The van der Waals surface area contributed by atoms with E-state index in [9.17, 15) is 4.79 Å². The van der Waals surface area contributed by atoms with Gasteiger partial charge in [0.05, 0.1) is 6.61 Å². The maximum atomic E-state index is 9.82. The molecule has 0 atom stereocenters. The van der Waals surface area contributed by atoms with Crippen LogP contribution in [0.2, 0.25) is 0 Å². The van der Waals surface area contributed by atoms with Gasteiger partial charge >= 0.3 is 5.97 Å². The summed E-state index contributed by atoms with van der Waals surface area (Å²) < 4.78 is 4.40. The molecule has 0 aromatic rings. The molecule has 0 aromatic heterocycles. The lowest BCUT2D eigenvalue weighted by Crippen LogP contribution is -1.95. The third kappa shape index (κ3) is 53.7. The van der Waals surface area contributed by atoms with Crippen molar-refractivity contribution in [3.63, 3.8) is 0 Å². The van der Waals surface area contributed by atoms with Crippen LogP contribution in [0.5, 0.6) is 0 Å². The Morgan fingerprint density at radius 3 is 1.80 bits per heavy atom. The minimum absolute atomic E-state index is 0. The standard InChI is InChI=1S/C4H8O2.CH4O.H3N.H2O/c1-3-6-4(2)5;1-2;;/h3H2,1-2H3;2H,1H3;1H3;1H2. The molecular formula is C5H17NO4. The van der Waals surface area contributed by atoms with Gasteiger partial charge in [0.25, 0.3) is 0 Å². The predicted octanol–water partition coefficient (Wildman–Crippen LogP) is -0.485. The molecule has 0 saturated heterocycles. The summed E-state index contributed by atoms with van der Waals surface area (Å²) in [4.78, 5) is 9.82. The van der Waals surface area contributed by atoms with Crippen molar-refractivity contribution in [2.45, 2.75) is 13.8 Å². The van der Waals surface area contributed by atoms with E-state index in [1.165, 1.54) is 6.92 Å². The summed E-state index contributed by atoms with van der Waals surface area (Å²) in [7, 11) is 1.00. The maximum absolute atomic E-state index is 9.82. The van der Waals surface area contributed by atoms with E-state index >= 15 is 0 Å². The van der Waals surface area contributed by atoms with Gasteiger partial charge in [-0.3, -0.25) is 4.79 Å². The zero-order valence-electron chi connectivity index (χ0n) is 6.68. The van der Waals surface area contributed by atoms with Crippen LogP contribution in [0, 0.1) is 0 Å². The molecule has 0 saturated carbocycles. The lowest BCUT2D eigenvalue weighted by atomic mass is 10.8. The number of aliphatic hydroxyl groups is 1. The average Bonchev–Trinajstić information content (AvgIpc) is 1.72. The molecule has 0 rings (SSSR count). The van der Waals surface area contributed by atoms with Crippen LogP contribution in [0.1, 0.15) is 13.8 Å². The van der Waals surface area contributed by atoms with Gasteiger partial charge in [0.1, 0.15) is 0 Å². The van der Waals surface area contributed by atoms with Crippen molar-refractivity contribution >= 4 is 5.97 Å². The molecule has 0 bridgehead atoms. The first-order valence-electron chi connectivity index (χ1n) is 2.35. The highest BCUT2D eigenvalue weighted by molar-refractivity contribution is 5.65. The minimum atomic E-state index is -0.211. The van der Waals surface area contributed by atoms with E-state index in [4.69, 9.17) is 5.11 Å². The largest absolute Gasteiger partial charge is 0.466 e. The van der Waals surface area contributed by atoms with Gasteiger partial charge in [0, 0.05) is 14.0 Å². The first-order chi connectivity index (χ1) is 3.77. The molecule has 0 spiro atoms. The average molecular weight is 155 g/mol. The zero-order chi connectivity index (χ0) is 6.99. The van der Waals surface area contributed by atoms with Crippen LogP contribution < -0.4 is 6.15 Å². The Hall–Kier alpha value is -0.650. The molecule has 0 aliphatic heterocycles. The zero-order valence-corrected chi connectivity index (χ0v) is 6.68. The fraction of sp³-hybridized carbons (Fsp3) is 0.800. The van der Waals surface area contributed by atoms with Crippen molar-refractivity contribution in [2.75, 3.05) is 13.7 Å². The quantitative estimate of drug-likeness (QED) is 0.497. The number of carbonyl (C=O) groups is 1. The molecule has 0 unspecified atom stereocenters. The highest BCUT2D eigenvalue weighted by Crippen LogP contribution is 1.69. The van der Waals surface area contributed by atoms with E-state index in [1.807, 2.05) is 0 Å². The smallest absolute Gasteiger partial charge is 0.302 e. The molecule has 0 aliphatic carbocycles. The summed E-state index contributed by atoms with van der Waals surface area (Å²) in [5.41, 5.74) is 0. The second-order valence-electron chi connectivity index (χ2n) is 0.925. The second-order valence-corrected chi connectivity index (χ2v) is 0.925. The number of hydrogen-bond acceptors (Lipinski definition) is 4. The van der Waals surface area contributed by atoms with Crippen LogP contribution in [0.4, 0.5) is 0 Å². The van der Waals surface area contributed by atoms with Crippen molar-refractivity contribution in [2.24, 2.45) is 0 Å². The van der Waals surface area contributed by atoms with E-state index in [-0.39, 0.29) is 17.6 Å². The summed E-state index contributed by atoms with van der Waals surface area (Å²) in [5.74, 6) is -0.211. The summed E-state index contributed by atoms with van der Waals surface area (Å²) >= 11 is 0. The van der Waals surface area contributed by atoms with Gasteiger partial charge in [-0.15, -0.1) is 0 Å². The van der Waals surface area contributed by atoms with Crippen LogP contribution in [-0.4, -0.2) is 30.3 Å². The van der Waals surface area contributed by atoms with Crippen LogP contribution in [0.15, 0.2) is 0 Å². The Bertz CT molecular complexity index is 57.6. The molecule has 5 nitrogen and oxygen atoms in total. The SMILES string of the molecule is CCOC(C)=O.CO.N.O. The van der Waals surface area contributed by atoms with Crippen LogP contribution in [-0.2, 0) is 9.53 Å². The second kappa shape index (κ2) is 23.8. The molecule has 0 radical (unpaired) electrons. The minimum Gasteiger partial charge on any atom is -0.466 e. The van der Waals surface area contributed by atoms with Gasteiger partial charge in [-0.1, -0.05) is 0 Å². The highest BCUT2D eigenvalue weighted by Gasteiger charge is 1.81. The van der Waals surface area contributed by atoms with Gasteiger partial charge in [0.15, 0.2) is 0 Å². The Kier molecular flexibility index (Phi) is 54.3. The Morgan fingerprint density at radius 1 is 1.50 bits per heavy atom. The molecular weight excluding hydrogens is 138 g/mol. The molecule has 0 aromatic carbocycles. The number of esters is 1. The first-order valence-corrected chi connectivity index (χ1v) is 2.35. The van der Waals surface area contributed by atoms with Gasteiger partial charge < -0.3 is 21.5 Å². The van der Waals surface area contributed by atoms with Crippen molar-refractivity contribution in [3.05, 3.63) is 0 Å². The number of carbonyl (C=O) groups excluding carboxylic acids is 1. The van der Waals surface area contributed by atoms with Crippen molar-refractivity contribution in [3.8, 4) is 0 Å². The summed E-state index contributed by atoms with van der Waals surface area (Å²) in [6.07, 6.45) is 0. The van der Waals surface area contributed by atoms with E-state index in [0.29, 0.717) is 6.61 Å². The molecule has 10 heavy (non-hydrogen) atoms. The molecule has 0 aliphatic rings. The molecule has 66 valence electrons. The maximum Gasteiger partial charge on any atom is 0.302 e. The number of ether oxygens (including phenoxy) is 1. The fourth-order valence-corrected chi connectivity index (χ4v) is 0.203. The summed E-state index contributed by atoms with van der Waals surface area (Å²) in [5, 5.41) is 7.00. The number of hydrogen-bond donors (Lipinski definition) is 2. The van der Waals surface area contributed by atoms with Crippen molar-refractivity contribution in [1.29, 1.82) is 0 Å². The van der Waals surface area contributed by atoms with Crippen molar-refractivity contribution in [1.82, 2.24) is 6.15 Å². The molecule has 0 fully saturated rings. The predicted molar refractivity (Wildman–Crippen MR) is 39.1 cm³/mol. The van der Waals surface area contributed by atoms with Gasteiger partial charge in [0.2, 0.25) is 0 Å².